The second kappa shape index (κ2) is 4.35. The van der Waals surface area contributed by atoms with Gasteiger partial charge in [0.15, 0.2) is 0 Å². The molecule has 0 unspecified atom stereocenters. The molecule has 0 spiro atoms. The number of nitrogens with two attached hydrogens (primary N) is 1. The van der Waals surface area contributed by atoms with E-state index in [1.807, 2.05) is 45.9 Å². The Balaban J connectivity index is 2.23. The normalized spacial score (nSPS) is 12.7. The van der Waals surface area contributed by atoms with Crippen molar-refractivity contribution in [1.82, 2.24) is 10.2 Å². The number of carbonyl (C=O) groups is 1. The maximum Gasteiger partial charge on any atom is 0.231 e. The lowest BCUT2D eigenvalue weighted by Crippen LogP contribution is -2.53. The van der Waals surface area contributed by atoms with Gasteiger partial charge >= 0.3 is 0 Å². The van der Waals surface area contributed by atoms with Gasteiger partial charge in [-0.1, -0.05) is 0 Å². The fraction of sp³-hybridized carbons (Fsp3) is 0.429. The van der Waals surface area contributed by atoms with Crippen molar-refractivity contribution in [2.45, 2.75) is 33.2 Å². The van der Waals surface area contributed by atoms with Gasteiger partial charge in [-0.2, -0.15) is 5.10 Å². The first kappa shape index (κ1) is 13.5. The summed E-state index contributed by atoms with van der Waals surface area (Å²) in [4.78, 5) is 12.3. The second-order valence-corrected chi connectivity index (χ2v) is 5.97. The number of nitrogens with zero attached hydrogens (tertiary/aromatic N) is 1. The Bertz CT molecular complexity index is 607. The van der Waals surface area contributed by atoms with Crippen LogP contribution in [0.15, 0.2) is 24.4 Å². The van der Waals surface area contributed by atoms with E-state index in [1.165, 1.54) is 0 Å². The van der Waals surface area contributed by atoms with Crippen molar-refractivity contribution in [2.24, 2.45) is 11.1 Å². The summed E-state index contributed by atoms with van der Waals surface area (Å²) in [5.74, 6) is -0.0983. The van der Waals surface area contributed by atoms with Gasteiger partial charge in [0.25, 0.3) is 0 Å². The summed E-state index contributed by atoms with van der Waals surface area (Å²) in [6.45, 7) is 7.39. The third-order valence-electron chi connectivity index (χ3n) is 3.88. The van der Waals surface area contributed by atoms with E-state index in [2.05, 4.69) is 15.5 Å². The number of amides is 1. The summed E-state index contributed by atoms with van der Waals surface area (Å²) in [6, 6.07) is 5.63. The summed E-state index contributed by atoms with van der Waals surface area (Å²) in [5, 5.41) is 10.7. The minimum Gasteiger partial charge on any atom is -0.325 e. The smallest absolute Gasteiger partial charge is 0.231 e. The van der Waals surface area contributed by atoms with Crippen LogP contribution in [0.25, 0.3) is 10.9 Å². The molecule has 0 bridgehead atoms. The van der Waals surface area contributed by atoms with Crippen LogP contribution in [0.3, 0.4) is 0 Å². The van der Waals surface area contributed by atoms with Gasteiger partial charge in [0.2, 0.25) is 5.91 Å². The first-order valence-electron chi connectivity index (χ1n) is 6.25. The largest absolute Gasteiger partial charge is 0.325 e. The Morgan fingerprint density at radius 1 is 1.32 bits per heavy atom. The molecular weight excluding hydrogens is 240 g/mol. The molecule has 0 radical (unpaired) electrons. The van der Waals surface area contributed by atoms with Gasteiger partial charge in [-0.25, -0.2) is 0 Å². The highest BCUT2D eigenvalue weighted by Gasteiger charge is 2.40. The summed E-state index contributed by atoms with van der Waals surface area (Å²) in [6.07, 6.45) is 1.74. The SMILES string of the molecule is CC(C)(N)C(C)(C)C(=O)Nc1ccc2cn[nH]c2c1. The molecule has 0 aliphatic carbocycles. The topological polar surface area (TPSA) is 83.8 Å². The van der Waals surface area contributed by atoms with Crippen molar-refractivity contribution >= 4 is 22.5 Å². The fourth-order valence-electron chi connectivity index (χ4n) is 1.59. The van der Waals surface area contributed by atoms with Crippen molar-refractivity contribution in [2.75, 3.05) is 5.32 Å². The number of nitrogens with one attached hydrogen (secondary N) is 2. The summed E-state index contributed by atoms with van der Waals surface area (Å²) < 4.78 is 0. The Morgan fingerprint density at radius 2 is 2.00 bits per heavy atom. The molecule has 0 aliphatic heterocycles. The summed E-state index contributed by atoms with van der Waals surface area (Å²) in [5.41, 5.74) is 6.42. The van der Waals surface area contributed by atoms with E-state index in [9.17, 15) is 4.79 Å². The highest BCUT2D eigenvalue weighted by atomic mass is 16.2. The Hall–Kier alpha value is -1.88. The molecule has 0 atom stereocenters. The van der Waals surface area contributed by atoms with E-state index >= 15 is 0 Å². The zero-order chi connectivity index (χ0) is 14.3. The highest BCUT2D eigenvalue weighted by Crippen LogP contribution is 2.30. The van der Waals surface area contributed by atoms with Crippen molar-refractivity contribution in [1.29, 1.82) is 0 Å². The number of anilines is 1. The molecule has 5 nitrogen and oxygen atoms in total. The summed E-state index contributed by atoms with van der Waals surface area (Å²) >= 11 is 0. The van der Waals surface area contributed by atoms with E-state index < -0.39 is 11.0 Å². The predicted octanol–water partition coefficient (Wildman–Crippen LogP) is 2.26. The molecule has 1 amide bonds. The Labute approximate surface area is 112 Å². The molecule has 19 heavy (non-hydrogen) atoms. The lowest BCUT2D eigenvalue weighted by molar-refractivity contribution is -0.126. The lowest BCUT2D eigenvalue weighted by atomic mass is 9.74. The number of hydrogen-bond donors (Lipinski definition) is 3. The minimum atomic E-state index is -0.671. The molecule has 4 N–H and O–H groups in total. The molecule has 2 rings (SSSR count). The number of hydrogen-bond acceptors (Lipinski definition) is 3. The second-order valence-electron chi connectivity index (χ2n) is 5.97. The van der Waals surface area contributed by atoms with Crippen LogP contribution >= 0.6 is 0 Å². The van der Waals surface area contributed by atoms with Crippen LogP contribution in [0.2, 0.25) is 0 Å². The van der Waals surface area contributed by atoms with Crippen LogP contribution in [0.4, 0.5) is 5.69 Å². The molecule has 0 saturated carbocycles. The van der Waals surface area contributed by atoms with E-state index in [4.69, 9.17) is 5.73 Å². The number of rotatable bonds is 3. The summed E-state index contributed by atoms with van der Waals surface area (Å²) in [7, 11) is 0. The number of carbonyl (C=O) groups excluding carboxylic acids is 1. The van der Waals surface area contributed by atoms with Gasteiger partial charge < -0.3 is 11.1 Å². The van der Waals surface area contributed by atoms with E-state index in [0.29, 0.717) is 0 Å². The third-order valence-corrected chi connectivity index (χ3v) is 3.88. The minimum absolute atomic E-state index is 0.0983. The molecule has 1 aromatic carbocycles. The van der Waals surface area contributed by atoms with Crippen LogP contribution in [0.5, 0.6) is 0 Å². The Kier molecular flexibility index (Phi) is 3.10. The number of H-pyrrole nitrogens is 1. The zero-order valence-electron chi connectivity index (χ0n) is 11.7. The van der Waals surface area contributed by atoms with E-state index in [-0.39, 0.29) is 5.91 Å². The molecule has 102 valence electrons. The zero-order valence-corrected chi connectivity index (χ0v) is 11.7. The maximum absolute atomic E-state index is 12.3. The van der Waals surface area contributed by atoms with E-state index in [1.54, 1.807) is 6.20 Å². The molecule has 5 heteroatoms. The van der Waals surface area contributed by atoms with Gasteiger partial charge in [-0.15, -0.1) is 0 Å². The Morgan fingerprint density at radius 3 is 2.63 bits per heavy atom. The van der Waals surface area contributed by atoms with Crippen molar-refractivity contribution in [3.63, 3.8) is 0 Å². The molecular formula is C14H20N4O. The maximum atomic E-state index is 12.3. The van der Waals surface area contributed by atoms with Gasteiger partial charge in [-0.05, 0) is 45.9 Å². The number of fused-ring (bicyclic) bond motifs is 1. The molecule has 1 heterocycles. The number of aromatic amines is 1. The molecule has 1 aromatic heterocycles. The third kappa shape index (κ3) is 2.46. The van der Waals surface area contributed by atoms with Crippen LogP contribution in [-0.4, -0.2) is 21.6 Å². The van der Waals surface area contributed by atoms with Gasteiger partial charge in [-0.3, -0.25) is 9.89 Å². The average Bonchev–Trinajstić information content (AvgIpc) is 2.74. The van der Waals surface area contributed by atoms with Gasteiger partial charge in [0, 0.05) is 16.6 Å². The van der Waals surface area contributed by atoms with E-state index in [0.717, 1.165) is 16.6 Å². The quantitative estimate of drug-likeness (QED) is 0.791. The highest BCUT2D eigenvalue weighted by molar-refractivity contribution is 5.97. The van der Waals surface area contributed by atoms with Crippen LogP contribution in [0.1, 0.15) is 27.7 Å². The van der Waals surface area contributed by atoms with Gasteiger partial charge in [0.1, 0.15) is 0 Å². The molecule has 0 fully saturated rings. The standard InChI is InChI=1S/C14H20N4O/c1-13(2,14(3,4)15)12(19)17-10-6-5-9-8-16-18-11(9)7-10/h5-8H,15H2,1-4H3,(H,16,18)(H,17,19). The van der Waals surface area contributed by atoms with Gasteiger partial charge in [0.05, 0.1) is 17.1 Å². The van der Waals surface area contributed by atoms with Crippen LogP contribution < -0.4 is 11.1 Å². The first-order valence-corrected chi connectivity index (χ1v) is 6.25. The number of aromatic nitrogens is 2. The number of benzene rings is 1. The molecule has 0 saturated heterocycles. The van der Waals surface area contributed by atoms with Crippen molar-refractivity contribution < 1.29 is 4.79 Å². The van der Waals surface area contributed by atoms with Crippen LogP contribution in [0, 0.1) is 5.41 Å². The van der Waals surface area contributed by atoms with Crippen molar-refractivity contribution in [3.8, 4) is 0 Å². The first-order chi connectivity index (χ1) is 8.72. The fourth-order valence-corrected chi connectivity index (χ4v) is 1.59. The molecule has 2 aromatic rings. The average molecular weight is 260 g/mol. The predicted molar refractivity (Wildman–Crippen MR) is 76.8 cm³/mol. The van der Waals surface area contributed by atoms with Crippen LogP contribution in [-0.2, 0) is 4.79 Å². The van der Waals surface area contributed by atoms with Crippen molar-refractivity contribution in [3.05, 3.63) is 24.4 Å². The molecule has 0 aliphatic rings. The lowest BCUT2D eigenvalue weighted by Gasteiger charge is -2.36. The monoisotopic (exact) mass is 260 g/mol.